The van der Waals surface area contributed by atoms with Gasteiger partial charge in [0, 0.05) is 37.1 Å². The van der Waals surface area contributed by atoms with Crippen LogP contribution >= 0.6 is 0 Å². The van der Waals surface area contributed by atoms with Crippen molar-refractivity contribution >= 4 is 11.9 Å². The van der Waals surface area contributed by atoms with Crippen LogP contribution < -0.4 is 5.32 Å². The Morgan fingerprint density at radius 3 is 2.50 bits per heavy atom. The van der Waals surface area contributed by atoms with E-state index in [1.807, 2.05) is 19.1 Å². The zero-order valence-corrected chi connectivity index (χ0v) is 14.4. The lowest BCUT2D eigenvalue weighted by atomic mass is 10.0. The smallest absolute Gasteiger partial charge is 0.336 e. The first-order valence-corrected chi connectivity index (χ1v) is 8.03. The minimum absolute atomic E-state index is 0.146. The Morgan fingerprint density at radius 2 is 1.85 bits per heavy atom. The molecule has 0 unspecified atom stereocenters. The molecular formula is C19H18N4O3. The van der Waals surface area contributed by atoms with E-state index in [-0.39, 0.29) is 11.5 Å². The summed E-state index contributed by atoms with van der Waals surface area (Å²) in [6.07, 6.45) is 5.19. The highest BCUT2D eigenvalue weighted by molar-refractivity contribution is 5.94. The van der Waals surface area contributed by atoms with Crippen molar-refractivity contribution in [1.29, 1.82) is 0 Å². The predicted octanol–water partition coefficient (Wildman–Crippen LogP) is 2.22. The average molecular weight is 350 g/mol. The Kier molecular flexibility index (Phi) is 4.79. The summed E-state index contributed by atoms with van der Waals surface area (Å²) in [7, 11) is 1.59. The van der Waals surface area contributed by atoms with E-state index >= 15 is 0 Å². The van der Waals surface area contributed by atoms with Gasteiger partial charge in [0.1, 0.15) is 0 Å². The second-order valence-corrected chi connectivity index (χ2v) is 5.81. The highest BCUT2D eigenvalue weighted by Gasteiger charge is 2.14. The number of carboxylic acid groups (broad SMARTS) is 1. The SMILES string of the molecule is CNC(=O)c1ccc(-n2ncc(Cc3cnccc3C(=O)O)c2C)cc1. The second kappa shape index (κ2) is 7.18. The van der Waals surface area contributed by atoms with Gasteiger partial charge in [-0.1, -0.05) is 0 Å². The predicted molar refractivity (Wildman–Crippen MR) is 95.7 cm³/mol. The van der Waals surface area contributed by atoms with Gasteiger partial charge < -0.3 is 10.4 Å². The molecule has 0 aliphatic heterocycles. The number of aromatic nitrogens is 3. The standard InChI is InChI=1S/C19H18N4O3/c1-12-14(9-15-10-21-8-7-17(15)19(25)26)11-22-23(12)16-5-3-13(4-6-16)18(24)20-2/h3-8,10-11H,9H2,1-2H3,(H,20,24)(H,25,26). The first kappa shape index (κ1) is 17.3. The third-order valence-corrected chi connectivity index (χ3v) is 4.23. The molecule has 0 aliphatic rings. The molecule has 0 saturated carbocycles. The Labute approximate surface area is 150 Å². The summed E-state index contributed by atoms with van der Waals surface area (Å²) < 4.78 is 1.76. The van der Waals surface area contributed by atoms with E-state index in [0.29, 0.717) is 17.5 Å². The Morgan fingerprint density at radius 1 is 1.12 bits per heavy atom. The fourth-order valence-electron chi connectivity index (χ4n) is 2.76. The molecule has 1 aromatic carbocycles. The van der Waals surface area contributed by atoms with Crippen molar-refractivity contribution in [2.75, 3.05) is 7.05 Å². The average Bonchev–Trinajstić information content (AvgIpc) is 3.02. The van der Waals surface area contributed by atoms with Crippen molar-refractivity contribution in [2.24, 2.45) is 0 Å². The molecule has 0 aliphatic carbocycles. The number of amides is 1. The number of hydrogen-bond donors (Lipinski definition) is 2. The van der Waals surface area contributed by atoms with Crippen LogP contribution in [0, 0.1) is 6.92 Å². The number of benzene rings is 1. The molecule has 0 radical (unpaired) electrons. The number of rotatable bonds is 5. The van der Waals surface area contributed by atoms with Crippen LogP contribution in [0.2, 0.25) is 0 Å². The number of aromatic carboxylic acids is 1. The van der Waals surface area contributed by atoms with E-state index in [0.717, 1.165) is 16.9 Å². The third kappa shape index (κ3) is 3.32. The van der Waals surface area contributed by atoms with Crippen LogP contribution in [0.25, 0.3) is 5.69 Å². The van der Waals surface area contributed by atoms with E-state index in [1.54, 1.807) is 36.3 Å². The number of nitrogens with zero attached hydrogens (tertiary/aromatic N) is 3. The van der Waals surface area contributed by atoms with Gasteiger partial charge in [-0.3, -0.25) is 9.78 Å². The maximum absolute atomic E-state index is 11.6. The summed E-state index contributed by atoms with van der Waals surface area (Å²) >= 11 is 0. The summed E-state index contributed by atoms with van der Waals surface area (Å²) in [5, 5.41) is 16.3. The summed E-state index contributed by atoms with van der Waals surface area (Å²) in [6, 6.07) is 8.61. The number of carboxylic acids is 1. The molecule has 2 heterocycles. The molecule has 7 heteroatoms. The fourth-order valence-corrected chi connectivity index (χ4v) is 2.76. The van der Waals surface area contributed by atoms with Gasteiger partial charge in [0.05, 0.1) is 17.4 Å². The molecule has 0 atom stereocenters. The molecule has 26 heavy (non-hydrogen) atoms. The van der Waals surface area contributed by atoms with Crippen molar-refractivity contribution in [3.05, 3.63) is 76.9 Å². The summed E-state index contributed by atoms with van der Waals surface area (Å²) in [5.41, 5.74) is 4.09. The Balaban J connectivity index is 1.89. The van der Waals surface area contributed by atoms with Crippen molar-refractivity contribution in [1.82, 2.24) is 20.1 Å². The lowest BCUT2D eigenvalue weighted by molar-refractivity contribution is 0.0695. The van der Waals surface area contributed by atoms with Crippen LogP contribution in [0.4, 0.5) is 0 Å². The topological polar surface area (TPSA) is 97.1 Å². The molecule has 7 nitrogen and oxygen atoms in total. The zero-order chi connectivity index (χ0) is 18.7. The fraction of sp³-hybridized carbons (Fsp3) is 0.158. The molecule has 3 rings (SSSR count). The zero-order valence-electron chi connectivity index (χ0n) is 14.4. The molecular weight excluding hydrogens is 332 g/mol. The van der Waals surface area contributed by atoms with Crippen molar-refractivity contribution < 1.29 is 14.7 Å². The molecule has 3 aromatic rings. The van der Waals surface area contributed by atoms with Crippen LogP contribution in [-0.4, -0.2) is 38.8 Å². The number of carbonyl (C=O) groups excluding carboxylic acids is 1. The van der Waals surface area contributed by atoms with E-state index in [1.165, 1.54) is 12.3 Å². The van der Waals surface area contributed by atoms with Crippen LogP contribution in [0.15, 0.2) is 48.9 Å². The lowest BCUT2D eigenvalue weighted by Gasteiger charge is -2.08. The first-order valence-electron chi connectivity index (χ1n) is 8.03. The van der Waals surface area contributed by atoms with Crippen molar-refractivity contribution in [3.8, 4) is 5.69 Å². The van der Waals surface area contributed by atoms with Crippen LogP contribution in [0.3, 0.4) is 0 Å². The molecule has 2 aromatic heterocycles. The number of pyridine rings is 1. The quantitative estimate of drug-likeness (QED) is 0.735. The Hall–Kier alpha value is -3.48. The molecule has 0 bridgehead atoms. The van der Waals surface area contributed by atoms with Gasteiger partial charge in [-0.25, -0.2) is 9.48 Å². The van der Waals surface area contributed by atoms with Gasteiger partial charge in [-0.15, -0.1) is 0 Å². The molecule has 132 valence electrons. The maximum atomic E-state index is 11.6. The highest BCUT2D eigenvalue weighted by atomic mass is 16.4. The summed E-state index contributed by atoms with van der Waals surface area (Å²) in [6.45, 7) is 1.92. The van der Waals surface area contributed by atoms with E-state index in [9.17, 15) is 14.7 Å². The maximum Gasteiger partial charge on any atom is 0.336 e. The molecule has 2 N–H and O–H groups in total. The second-order valence-electron chi connectivity index (χ2n) is 5.81. The number of hydrogen-bond acceptors (Lipinski definition) is 4. The molecule has 0 fully saturated rings. The van der Waals surface area contributed by atoms with Gasteiger partial charge in [0.2, 0.25) is 0 Å². The van der Waals surface area contributed by atoms with E-state index in [4.69, 9.17) is 0 Å². The minimum atomic E-state index is -0.975. The van der Waals surface area contributed by atoms with Crippen molar-refractivity contribution in [3.63, 3.8) is 0 Å². The van der Waals surface area contributed by atoms with Gasteiger partial charge in [-0.2, -0.15) is 5.10 Å². The van der Waals surface area contributed by atoms with Crippen LogP contribution in [0.5, 0.6) is 0 Å². The lowest BCUT2D eigenvalue weighted by Crippen LogP contribution is -2.17. The van der Waals surface area contributed by atoms with Gasteiger partial charge in [0.25, 0.3) is 5.91 Å². The largest absolute Gasteiger partial charge is 0.478 e. The monoisotopic (exact) mass is 350 g/mol. The van der Waals surface area contributed by atoms with Crippen molar-refractivity contribution in [2.45, 2.75) is 13.3 Å². The summed E-state index contributed by atoms with van der Waals surface area (Å²) in [4.78, 5) is 27.0. The minimum Gasteiger partial charge on any atom is -0.478 e. The highest BCUT2D eigenvalue weighted by Crippen LogP contribution is 2.19. The first-order chi connectivity index (χ1) is 12.5. The summed E-state index contributed by atoms with van der Waals surface area (Å²) in [5.74, 6) is -1.12. The van der Waals surface area contributed by atoms with E-state index < -0.39 is 5.97 Å². The Bertz CT molecular complexity index is 961. The molecule has 1 amide bonds. The number of carbonyl (C=O) groups is 2. The van der Waals surface area contributed by atoms with Gasteiger partial charge in [-0.05, 0) is 48.4 Å². The van der Waals surface area contributed by atoms with E-state index in [2.05, 4.69) is 15.4 Å². The van der Waals surface area contributed by atoms with Gasteiger partial charge >= 0.3 is 5.97 Å². The van der Waals surface area contributed by atoms with Crippen LogP contribution in [-0.2, 0) is 6.42 Å². The third-order valence-electron chi connectivity index (χ3n) is 4.23. The van der Waals surface area contributed by atoms with Gasteiger partial charge in [0.15, 0.2) is 0 Å². The molecule has 0 saturated heterocycles. The van der Waals surface area contributed by atoms with Crippen LogP contribution in [0.1, 0.15) is 37.5 Å². The molecule has 0 spiro atoms. The number of nitrogens with one attached hydrogen (secondary N) is 1. The normalized spacial score (nSPS) is 10.5.